The summed E-state index contributed by atoms with van der Waals surface area (Å²) in [5.74, 6) is -0.864. The van der Waals surface area contributed by atoms with Gasteiger partial charge in [0, 0.05) is 4.90 Å². The van der Waals surface area contributed by atoms with E-state index in [0.717, 1.165) is 4.90 Å². The topological polar surface area (TPSA) is 79.2 Å². The maximum atomic E-state index is 12.0. The number of hydrogen-bond acceptors (Lipinski definition) is 5. The van der Waals surface area contributed by atoms with Crippen LogP contribution in [0.4, 0.5) is 5.69 Å². The number of thioether (sulfide) groups is 1. The van der Waals surface area contributed by atoms with Crippen LogP contribution in [0.5, 0.6) is 0 Å². The van der Waals surface area contributed by atoms with Crippen molar-refractivity contribution in [3.63, 3.8) is 0 Å². The Morgan fingerprint density at radius 1 is 1.17 bits per heavy atom. The smallest absolute Gasteiger partial charge is 0.340 e. The standard InChI is InChI=1S/C17H13ClN2O3S/c18-13-6-2-1-5-12(13)17(22)23-11-16(21)20-14-7-3-4-8-15(14)24-10-9-19/h1-8H,10-11H2,(H,20,21). The summed E-state index contributed by atoms with van der Waals surface area (Å²) in [6.45, 7) is -0.429. The van der Waals surface area contributed by atoms with Gasteiger partial charge in [0.15, 0.2) is 6.61 Å². The van der Waals surface area contributed by atoms with Crippen LogP contribution in [0.25, 0.3) is 0 Å². The van der Waals surface area contributed by atoms with Crippen molar-refractivity contribution in [2.75, 3.05) is 17.7 Å². The van der Waals surface area contributed by atoms with Gasteiger partial charge in [-0.1, -0.05) is 35.9 Å². The molecule has 0 unspecified atom stereocenters. The molecule has 0 aromatic heterocycles. The van der Waals surface area contributed by atoms with E-state index in [4.69, 9.17) is 21.6 Å². The minimum Gasteiger partial charge on any atom is -0.452 e. The Bertz CT molecular complexity index is 789. The number of nitriles is 1. The van der Waals surface area contributed by atoms with Gasteiger partial charge < -0.3 is 10.1 Å². The number of para-hydroxylation sites is 1. The van der Waals surface area contributed by atoms with Crippen LogP contribution in [0.15, 0.2) is 53.4 Å². The van der Waals surface area contributed by atoms with Crippen molar-refractivity contribution in [2.24, 2.45) is 0 Å². The second kappa shape index (κ2) is 8.96. The van der Waals surface area contributed by atoms with Gasteiger partial charge in [0.2, 0.25) is 0 Å². The molecule has 122 valence electrons. The molecule has 0 heterocycles. The summed E-state index contributed by atoms with van der Waals surface area (Å²) in [5.41, 5.74) is 0.772. The van der Waals surface area contributed by atoms with Crippen molar-refractivity contribution >= 4 is 40.9 Å². The van der Waals surface area contributed by atoms with Crippen LogP contribution in [0.1, 0.15) is 10.4 Å². The van der Waals surface area contributed by atoms with Gasteiger partial charge in [-0.05, 0) is 24.3 Å². The molecule has 0 radical (unpaired) electrons. The SMILES string of the molecule is N#CCSc1ccccc1NC(=O)COC(=O)c1ccccc1Cl. The van der Waals surface area contributed by atoms with Gasteiger partial charge in [0.05, 0.1) is 28.1 Å². The molecular weight excluding hydrogens is 348 g/mol. The van der Waals surface area contributed by atoms with Crippen molar-refractivity contribution < 1.29 is 14.3 Å². The maximum Gasteiger partial charge on any atom is 0.340 e. The summed E-state index contributed by atoms with van der Waals surface area (Å²) < 4.78 is 4.97. The molecular formula is C17H13ClN2O3S. The van der Waals surface area contributed by atoms with Crippen molar-refractivity contribution in [3.05, 3.63) is 59.1 Å². The Kier molecular flexibility index (Phi) is 6.67. The van der Waals surface area contributed by atoms with Crippen molar-refractivity contribution in [3.8, 4) is 6.07 Å². The van der Waals surface area contributed by atoms with E-state index in [2.05, 4.69) is 5.32 Å². The Labute approximate surface area is 148 Å². The fourth-order valence-corrected chi connectivity index (χ4v) is 2.71. The van der Waals surface area contributed by atoms with Crippen LogP contribution < -0.4 is 5.32 Å². The van der Waals surface area contributed by atoms with Gasteiger partial charge in [-0.3, -0.25) is 4.79 Å². The largest absolute Gasteiger partial charge is 0.452 e. The third-order valence-corrected chi connectivity index (χ3v) is 4.15. The summed E-state index contributed by atoms with van der Waals surface area (Å²) >= 11 is 7.21. The number of esters is 1. The van der Waals surface area contributed by atoms with Crippen molar-refractivity contribution in [2.45, 2.75) is 4.90 Å². The number of rotatable bonds is 6. The number of amides is 1. The minimum absolute atomic E-state index is 0.206. The zero-order valence-corrected chi connectivity index (χ0v) is 14.1. The fourth-order valence-electron chi connectivity index (χ4n) is 1.83. The first kappa shape index (κ1) is 17.9. The average Bonchev–Trinajstić information content (AvgIpc) is 2.59. The molecule has 5 nitrogen and oxygen atoms in total. The Hall–Kier alpha value is -2.49. The van der Waals surface area contributed by atoms with E-state index in [-0.39, 0.29) is 16.3 Å². The lowest BCUT2D eigenvalue weighted by atomic mass is 10.2. The highest BCUT2D eigenvalue weighted by Crippen LogP contribution is 2.26. The summed E-state index contributed by atoms with van der Waals surface area (Å²) in [4.78, 5) is 24.6. The molecule has 0 saturated heterocycles. The lowest BCUT2D eigenvalue weighted by molar-refractivity contribution is -0.119. The van der Waals surface area contributed by atoms with E-state index in [0.29, 0.717) is 5.69 Å². The van der Waals surface area contributed by atoms with Crippen LogP contribution >= 0.6 is 23.4 Å². The molecule has 0 bridgehead atoms. The molecule has 0 aliphatic rings. The van der Waals surface area contributed by atoms with Crippen molar-refractivity contribution in [1.82, 2.24) is 0 Å². The first-order valence-corrected chi connectivity index (χ1v) is 8.28. The molecule has 0 saturated carbocycles. The molecule has 2 aromatic carbocycles. The zero-order valence-electron chi connectivity index (χ0n) is 12.5. The molecule has 2 aromatic rings. The first-order chi connectivity index (χ1) is 11.6. The monoisotopic (exact) mass is 360 g/mol. The number of benzene rings is 2. The second-order valence-corrected chi connectivity index (χ2v) is 5.97. The van der Waals surface area contributed by atoms with Gasteiger partial charge in [0.1, 0.15) is 0 Å². The lowest BCUT2D eigenvalue weighted by Crippen LogP contribution is -2.21. The molecule has 0 aliphatic carbocycles. The van der Waals surface area contributed by atoms with E-state index in [1.54, 1.807) is 36.4 Å². The molecule has 0 aliphatic heterocycles. The Morgan fingerprint density at radius 3 is 2.62 bits per heavy atom. The molecule has 1 amide bonds. The number of anilines is 1. The van der Waals surface area contributed by atoms with Crippen LogP contribution in [0.2, 0.25) is 5.02 Å². The predicted molar refractivity (Wildman–Crippen MR) is 93.1 cm³/mol. The lowest BCUT2D eigenvalue weighted by Gasteiger charge is -2.10. The summed E-state index contributed by atoms with van der Waals surface area (Å²) in [6.07, 6.45) is 0. The van der Waals surface area contributed by atoms with E-state index in [9.17, 15) is 9.59 Å². The number of nitrogens with one attached hydrogen (secondary N) is 1. The second-order valence-electron chi connectivity index (χ2n) is 4.55. The van der Waals surface area contributed by atoms with Gasteiger partial charge in [0.25, 0.3) is 5.91 Å². The van der Waals surface area contributed by atoms with E-state index >= 15 is 0 Å². The third kappa shape index (κ3) is 5.01. The quantitative estimate of drug-likeness (QED) is 0.627. The molecule has 24 heavy (non-hydrogen) atoms. The van der Waals surface area contributed by atoms with Gasteiger partial charge >= 0.3 is 5.97 Å². The fraction of sp³-hybridized carbons (Fsp3) is 0.118. The van der Waals surface area contributed by atoms with Crippen LogP contribution in [-0.2, 0) is 9.53 Å². The number of nitrogens with zero attached hydrogens (tertiary/aromatic N) is 1. The van der Waals surface area contributed by atoms with E-state index in [1.165, 1.54) is 17.8 Å². The minimum atomic E-state index is -0.664. The summed E-state index contributed by atoms with van der Waals surface area (Å²) in [7, 11) is 0. The number of halogens is 1. The number of carbonyl (C=O) groups excluding carboxylic acids is 2. The molecule has 0 atom stereocenters. The van der Waals surface area contributed by atoms with E-state index in [1.807, 2.05) is 12.1 Å². The van der Waals surface area contributed by atoms with Crippen molar-refractivity contribution in [1.29, 1.82) is 5.26 Å². The zero-order chi connectivity index (χ0) is 17.4. The van der Waals surface area contributed by atoms with Crippen LogP contribution in [-0.4, -0.2) is 24.2 Å². The van der Waals surface area contributed by atoms with Gasteiger partial charge in [-0.15, -0.1) is 11.8 Å². The summed E-state index contributed by atoms with van der Waals surface area (Å²) in [6, 6.07) is 15.6. The highest BCUT2D eigenvalue weighted by molar-refractivity contribution is 7.99. The van der Waals surface area contributed by atoms with E-state index < -0.39 is 18.5 Å². The Balaban J connectivity index is 1.94. The summed E-state index contributed by atoms with van der Waals surface area (Å²) in [5, 5.41) is 11.6. The third-order valence-electron chi connectivity index (χ3n) is 2.88. The van der Waals surface area contributed by atoms with Gasteiger partial charge in [-0.25, -0.2) is 4.79 Å². The Morgan fingerprint density at radius 2 is 1.88 bits per heavy atom. The molecule has 2 rings (SSSR count). The average molecular weight is 361 g/mol. The van der Waals surface area contributed by atoms with Gasteiger partial charge in [-0.2, -0.15) is 5.26 Å². The number of carbonyl (C=O) groups is 2. The maximum absolute atomic E-state index is 12.0. The highest BCUT2D eigenvalue weighted by atomic mass is 35.5. The molecule has 0 fully saturated rings. The normalized spacial score (nSPS) is 9.83. The molecule has 7 heteroatoms. The molecule has 1 N–H and O–H groups in total. The number of hydrogen-bond donors (Lipinski definition) is 1. The molecule has 0 spiro atoms. The van der Waals surface area contributed by atoms with Crippen LogP contribution in [0, 0.1) is 11.3 Å². The first-order valence-electron chi connectivity index (χ1n) is 6.92. The predicted octanol–water partition coefficient (Wildman–Crippen LogP) is 3.75. The number of ether oxygens (including phenoxy) is 1. The highest BCUT2D eigenvalue weighted by Gasteiger charge is 2.14. The van der Waals surface area contributed by atoms with Crippen LogP contribution in [0.3, 0.4) is 0 Å².